The van der Waals surface area contributed by atoms with Crippen LogP contribution < -0.4 is 0 Å². The van der Waals surface area contributed by atoms with E-state index in [4.69, 9.17) is 4.74 Å². The monoisotopic (exact) mass is 157 g/mol. The Morgan fingerprint density at radius 1 is 1.30 bits per heavy atom. The van der Waals surface area contributed by atoms with E-state index in [-0.39, 0.29) is 0 Å². The van der Waals surface area contributed by atoms with Crippen molar-refractivity contribution in [2.24, 2.45) is 0 Å². The summed E-state index contributed by atoms with van der Waals surface area (Å²) >= 11 is 0.356. The van der Waals surface area contributed by atoms with Crippen LogP contribution in [0.3, 0.4) is 0 Å². The first-order chi connectivity index (χ1) is 4.79. The summed E-state index contributed by atoms with van der Waals surface area (Å²) in [5, 5.41) is 0. The predicted molar refractivity (Wildman–Crippen MR) is 41.8 cm³/mol. The molecular weight excluding hydrogens is 143 g/mol. The van der Waals surface area contributed by atoms with Crippen molar-refractivity contribution in [2.75, 3.05) is 40.4 Å². The molecule has 1 aliphatic heterocycles. The van der Waals surface area contributed by atoms with Gasteiger partial charge in [-0.2, -0.15) is 0 Å². The number of ether oxygens (including phenoxy) is 1. The zero-order chi connectivity index (χ0) is 7.40. The van der Waals surface area contributed by atoms with Crippen LogP contribution in [-0.4, -0.2) is 63.8 Å². The first-order valence-corrected chi connectivity index (χ1v) is 4.65. The molecule has 1 heterocycles. The summed E-state index contributed by atoms with van der Waals surface area (Å²) in [5.74, 6) is 0. The molecule has 0 N–H and O–H groups in total. The van der Waals surface area contributed by atoms with E-state index >= 15 is 0 Å². The van der Waals surface area contributed by atoms with Gasteiger partial charge in [-0.1, -0.05) is 0 Å². The molecule has 0 amide bonds. The quantitative estimate of drug-likeness (QED) is 0.498. The normalized spacial score (nSPS) is 21.1. The van der Waals surface area contributed by atoms with Crippen LogP contribution in [0.4, 0.5) is 0 Å². The molecule has 0 bridgehead atoms. The van der Waals surface area contributed by atoms with E-state index in [0.717, 1.165) is 26.3 Å². The summed E-state index contributed by atoms with van der Waals surface area (Å²) in [4.78, 5) is 0. The van der Waals surface area contributed by atoms with Gasteiger partial charge in [0.25, 0.3) is 0 Å². The van der Waals surface area contributed by atoms with Gasteiger partial charge in [0.2, 0.25) is 0 Å². The van der Waals surface area contributed by atoms with Gasteiger partial charge in [0.1, 0.15) is 0 Å². The SMILES string of the molecule is C[N](C)[Al+][N]1CCOCC1. The van der Waals surface area contributed by atoms with Gasteiger partial charge in [-0.15, -0.1) is 0 Å². The molecule has 0 saturated carbocycles. The Balaban J connectivity index is 2.13. The van der Waals surface area contributed by atoms with Crippen LogP contribution in [0, 0.1) is 0 Å². The minimum atomic E-state index is 0.356. The van der Waals surface area contributed by atoms with E-state index in [2.05, 4.69) is 21.9 Å². The van der Waals surface area contributed by atoms with E-state index in [1.165, 1.54) is 0 Å². The average Bonchev–Trinajstić information content (AvgIpc) is 1.88. The average molecular weight is 157 g/mol. The van der Waals surface area contributed by atoms with E-state index in [9.17, 15) is 0 Å². The summed E-state index contributed by atoms with van der Waals surface area (Å²) in [5.41, 5.74) is 0. The molecule has 0 atom stereocenters. The third-order valence-corrected chi connectivity index (χ3v) is 2.74. The molecule has 0 radical (unpaired) electrons. The molecule has 0 aromatic rings. The van der Waals surface area contributed by atoms with Gasteiger partial charge in [0.15, 0.2) is 0 Å². The minimum absolute atomic E-state index is 0.356. The molecule has 0 aromatic heterocycles. The van der Waals surface area contributed by atoms with Crippen LogP contribution in [0.2, 0.25) is 0 Å². The first kappa shape index (κ1) is 8.51. The van der Waals surface area contributed by atoms with Crippen LogP contribution in [0.15, 0.2) is 0 Å². The molecule has 1 rings (SSSR count). The van der Waals surface area contributed by atoms with Crippen LogP contribution in [0.5, 0.6) is 0 Å². The van der Waals surface area contributed by atoms with Gasteiger partial charge < -0.3 is 0 Å². The van der Waals surface area contributed by atoms with Crippen molar-refractivity contribution < 1.29 is 4.74 Å². The fourth-order valence-electron chi connectivity index (χ4n) is 1.02. The van der Waals surface area contributed by atoms with Gasteiger partial charge in [-0.3, -0.25) is 0 Å². The third kappa shape index (κ3) is 3.00. The molecular formula is C6H14AlN2O+. The summed E-state index contributed by atoms with van der Waals surface area (Å²) in [6, 6.07) is 0. The second-order valence-electron chi connectivity index (χ2n) is 2.73. The van der Waals surface area contributed by atoms with Crippen molar-refractivity contribution in [2.45, 2.75) is 0 Å². The number of hydrogen-bond donors (Lipinski definition) is 0. The Bertz CT molecular complexity index is 93.7. The maximum absolute atomic E-state index is 5.23. The van der Waals surface area contributed by atoms with Crippen LogP contribution >= 0.6 is 0 Å². The zero-order valence-corrected chi connectivity index (χ0v) is 7.86. The number of rotatable bonds is 2. The van der Waals surface area contributed by atoms with Crippen molar-refractivity contribution >= 4 is 15.7 Å². The number of morpholine rings is 1. The Morgan fingerprint density at radius 3 is 2.40 bits per heavy atom. The third-order valence-electron chi connectivity index (χ3n) is 1.44. The zero-order valence-electron chi connectivity index (χ0n) is 6.71. The molecule has 0 spiro atoms. The maximum atomic E-state index is 5.23. The summed E-state index contributed by atoms with van der Waals surface area (Å²) in [7, 11) is 4.26. The fraction of sp³-hybridized carbons (Fsp3) is 1.00. The van der Waals surface area contributed by atoms with E-state index in [0.29, 0.717) is 15.7 Å². The molecule has 3 nitrogen and oxygen atoms in total. The second-order valence-corrected chi connectivity index (χ2v) is 4.72. The van der Waals surface area contributed by atoms with Gasteiger partial charge in [-0.25, -0.2) is 0 Å². The Morgan fingerprint density at radius 2 is 1.90 bits per heavy atom. The fourth-order valence-corrected chi connectivity index (χ4v) is 2.11. The van der Waals surface area contributed by atoms with Crippen molar-refractivity contribution in [1.82, 2.24) is 7.77 Å². The number of hydrogen-bond acceptors (Lipinski definition) is 3. The molecule has 1 saturated heterocycles. The summed E-state index contributed by atoms with van der Waals surface area (Å²) < 4.78 is 9.98. The summed E-state index contributed by atoms with van der Waals surface area (Å²) in [6.07, 6.45) is 0. The van der Waals surface area contributed by atoms with Gasteiger partial charge in [0, 0.05) is 0 Å². The Hall–Kier alpha value is 0.412. The molecule has 56 valence electrons. The molecule has 0 unspecified atom stereocenters. The van der Waals surface area contributed by atoms with Crippen molar-refractivity contribution in [1.29, 1.82) is 0 Å². The molecule has 0 aromatic carbocycles. The van der Waals surface area contributed by atoms with Crippen LogP contribution in [-0.2, 0) is 4.74 Å². The van der Waals surface area contributed by atoms with Crippen molar-refractivity contribution in [3.8, 4) is 0 Å². The Kier molecular flexibility index (Phi) is 3.68. The first-order valence-electron chi connectivity index (χ1n) is 3.62. The molecule has 0 aliphatic carbocycles. The molecule has 4 heteroatoms. The predicted octanol–water partition coefficient (Wildman–Crippen LogP) is -0.586. The molecule has 1 fully saturated rings. The van der Waals surface area contributed by atoms with Gasteiger partial charge in [0.05, 0.1) is 0 Å². The number of nitrogens with zero attached hydrogens (tertiary/aromatic N) is 2. The van der Waals surface area contributed by atoms with Crippen molar-refractivity contribution in [3.05, 3.63) is 0 Å². The van der Waals surface area contributed by atoms with Gasteiger partial charge in [-0.05, 0) is 0 Å². The summed E-state index contributed by atoms with van der Waals surface area (Å²) in [6.45, 7) is 4.07. The van der Waals surface area contributed by atoms with E-state index in [1.807, 2.05) is 0 Å². The van der Waals surface area contributed by atoms with Crippen LogP contribution in [0.1, 0.15) is 0 Å². The van der Waals surface area contributed by atoms with E-state index in [1.54, 1.807) is 0 Å². The Labute approximate surface area is 69.1 Å². The molecule has 10 heavy (non-hydrogen) atoms. The standard InChI is InChI=1S/C4H8NO.C2H6N.Al/c1-3-6-4-2-5-1;1-3-2;/h1-4H2;1-2H3;/q2*-1;+3. The van der Waals surface area contributed by atoms with E-state index < -0.39 is 0 Å². The van der Waals surface area contributed by atoms with Crippen LogP contribution in [0.25, 0.3) is 0 Å². The topological polar surface area (TPSA) is 15.7 Å². The molecule has 1 aliphatic rings. The van der Waals surface area contributed by atoms with Gasteiger partial charge >= 0.3 is 68.6 Å². The van der Waals surface area contributed by atoms with Crippen molar-refractivity contribution in [3.63, 3.8) is 0 Å². The second kappa shape index (κ2) is 4.32.